The molecule has 8 heteroatoms. The Morgan fingerprint density at radius 1 is 1.10 bits per heavy atom. The highest BCUT2D eigenvalue weighted by atomic mass is 32.2. The van der Waals surface area contributed by atoms with Gasteiger partial charge in [0.1, 0.15) is 0 Å². The zero-order valence-electron chi connectivity index (χ0n) is 16.3. The predicted octanol–water partition coefficient (Wildman–Crippen LogP) is 2.13. The lowest BCUT2D eigenvalue weighted by Crippen LogP contribution is -2.41. The van der Waals surface area contributed by atoms with Crippen molar-refractivity contribution in [2.24, 2.45) is 0 Å². The number of nitrogens with zero attached hydrogens (tertiary/aromatic N) is 3. The molecule has 0 bridgehead atoms. The summed E-state index contributed by atoms with van der Waals surface area (Å²) in [6.45, 7) is 2.01. The fourth-order valence-electron chi connectivity index (χ4n) is 3.95. The third kappa shape index (κ3) is 3.17. The normalized spacial score (nSPS) is 18.0. The van der Waals surface area contributed by atoms with Gasteiger partial charge in [0.2, 0.25) is 0 Å². The van der Waals surface area contributed by atoms with Crippen LogP contribution >= 0.6 is 0 Å². The van der Waals surface area contributed by atoms with E-state index in [2.05, 4.69) is 0 Å². The third-order valence-corrected chi connectivity index (χ3v) is 6.91. The molecule has 5 rings (SSSR count). The third-order valence-electron chi connectivity index (χ3n) is 5.51. The molecule has 0 spiro atoms. The highest BCUT2D eigenvalue weighted by molar-refractivity contribution is 7.84. The van der Waals surface area contributed by atoms with Crippen molar-refractivity contribution in [2.45, 2.75) is 17.3 Å². The fourth-order valence-corrected chi connectivity index (χ4v) is 5.28. The van der Waals surface area contributed by atoms with Crippen LogP contribution in [0.3, 0.4) is 0 Å². The average molecular weight is 423 g/mol. The van der Waals surface area contributed by atoms with Gasteiger partial charge in [-0.05, 0) is 23.8 Å². The van der Waals surface area contributed by atoms with Gasteiger partial charge in [-0.1, -0.05) is 30.3 Å². The molecule has 1 unspecified atom stereocenters. The fraction of sp³-hybridized carbons (Fsp3) is 0.273. The Kier molecular flexibility index (Phi) is 4.98. The van der Waals surface area contributed by atoms with Crippen molar-refractivity contribution in [3.05, 3.63) is 65.4 Å². The largest absolute Gasteiger partial charge is 0.392 e. The minimum absolute atomic E-state index is 0.0416. The van der Waals surface area contributed by atoms with Gasteiger partial charge in [0.05, 0.1) is 47.8 Å². The number of amides is 1. The molecule has 1 N–H and O–H groups in total. The second kappa shape index (κ2) is 7.79. The SMILES string of the molecule is O=C(c1nn(-c2ccc(CO)cc2)c2c1CS(=O)c1ccccc1-2)N1CCOCC1. The van der Waals surface area contributed by atoms with Gasteiger partial charge in [-0.3, -0.25) is 9.00 Å². The van der Waals surface area contributed by atoms with Gasteiger partial charge in [-0.2, -0.15) is 5.10 Å². The Bertz CT molecular complexity index is 1130. The highest BCUT2D eigenvalue weighted by Crippen LogP contribution is 2.39. The smallest absolute Gasteiger partial charge is 0.274 e. The Hall–Kier alpha value is -2.81. The number of morpholine rings is 1. The molecule has 7 nitrogen and oxygen atoms in total. The first-order valence-electron chi connectivity index (χ1n) is 9.84. The number of aliphatic hydroxyl groups excluding tert-OH is 1. The zero-order chi connectivity index (χ0) is 20.7. The first-order chi connectivity index (χ1) is 14.7. The molecule has 0 radical (unpaired) electrons. The number of carbonyl (C=O) groups is 1. The maximum atomic E-state index is 13.3. The summed E-state index contributed by atoms with van der Waals surface area (Å²) in [5, 5.41) is 14.1. The maximum absolute atomic E-state index is 13.3. The van der Waals surface area contributed by atoms with Crippen LogP contribution in [0, 0.1) is 0 Å². The summed E-state index contributed by atoms with van der Waals surface area (Å²) < 4.78 is 20.1. The number of hydrogen-bond acceptors (Lipinski definition) is 5. The van der Waals surface area contributed by atoms with Gasteiger partial charge >= 0.3 is 0 Å². The van der Waals surface area contributed by atoms with Crippen LogP contribution in [0.15, 0.2) is 53.4 Å². The molecule has 2 aliphatic rings. The van der Waals surface area contributed by atoms with E-state index in [-0.39, 0.29) is 18.3 Å². The zero-order valence-corrected chi connectivity index (χ0v) is 17.1. The Labute approximate surface area is 176 Å². The lowest BCUT2D eigenvalue weighted by molar-refractivity contribution is 0.0298. The molecule has 1 amide bonds. The highest BCUT2D eigenvalue weighted by Gasteiger charge is 2.33. The molecule has 3 aromatic rings. The molecule has 30 heavy (non-hydrogen) atoms. The summed E-state index contributed by atoms with van der Waals surface area (Å²) in [5.41, 5.74) is 4.28. The second-order valence-electron chi connectivity index (χ2n) is 7.30. The van der Waals surface area contributed by atoms with Crippen LogP contribution in [-0.4, -0.2) is 56.2 Å². The van der Waals surface area contributed by atoms with Crippen molar-refractivity contribution in [3.8, 4) is 16.9 Å². The number of aromatic nitrogens is 2. The van der Waals surface area contributed by atoms with E-state index in [1.807, 2.05) is 48.5 Å². The van der Waals surface area contributed by atoms with Crippen LogP contribution in [0.5, 0.6) is 0 Å². The maximum Gasteiger partial charge on any atom is 0.274 e. The van der Waals surface area contributed by atoms with Gasteiger partial charge in [0, 0.05) is 29.1 Å². The molecule has 1 fully saturated rings. The van der Waals surface area contributed by atoms with Gasteiger partial charge < -0.3 is 14.7 Å². The molecule has 3 heterocycles. The second-order valence-corrected chi connectivity index (χ2v) is 8.72. The van der Waals surface area contributed by atoms with E-state index in [1.165, 1.54) is 0 Å². The quantitative estimate of drug-likeness (QED) is 0.698. The first-order valence-corrected chi connectivity index (χ1v) is 11.2. The summed E-state index contributed by atoms with van der Waals surface area (Å²) in [5.74, 6) is 0.101. The molecule has 1 saturated heterocycles. The number of rotatable bonds is 3. The lowest BCUT2D eigenvalue weighted by atomic mass is 10.0. The standard InChI is InChI=1S/C22H21N3O4S/c26-13-15-5-7-16(8-6-15)25-21-17-3-1-2-4-19(17)30(28)14-18(21)20(23-25)22(27)24-9-11-29-12-10-24/h1-8,26H,9-14H2. The monoisotopic (exact) mass is 423 g/mol. The molecule has 1 aromatic heterocycles. The van der Waals surface area contributed by atoms with Crippen molar-refractivity contribution < 1.29 is 18.8 Å². The predicted molar refractivity (Wildman–Crippen MR) is 112 cm³/mol. The van der Waals surface area contributed by atoms with Crippen molar-refractivity contribution in [2.75, 3.05) is 26.3 Å². The molecule has 1 atom stereocenters. The van der Waals surface area contributed by atoms with Crippen molar-refractivity contribution in [1.29, 1.82) is 0 Å². The molecule has 0 saturated carbocycles. The summed E-state index contributed by atoms with van der Waals surface area (Å²) in [6, 6.07) is 15.0. The molecule has 2 aliphatic heterocycles. The van der Waals surface area contributed by atoms with Gasteiger partial charge in [0.15, 0.2) is 5.69 Å². The first kappa shape index (κ1) is 19.2. The van der Waals surface area contributed by atoms with Crippen LogP contribution in [0.2, 0.25) is 0 Å². The van der Waals surface area contributed by atoms with Crippen LogP contribution in [0.1, 0.15) is 21.6 Å². The van der Waals surface area contributed by atoms with Gasteiger partial charge in [-0.15, -0.1) is 0 Å². The molecule has 2 aromatic carbocycles. The van der Waals surface area contributed by atoms with E-state index in [0.717, 1.165) is 33.0 Å². The van der Waals surface area contributed by atoms with Crippen LogP contribution < -0.4 is 0 Å². The van der Waals surface area contributed by atoms with Crippen LogP contribution in [-0.2, 0) is 27.9 Å². The van der Waals surface area contributed by atoms with E-state index in [4.69, 9.17) is 9.84 Å². The Balaban J connectivity index is 1.69. The number of ether oxygens (including phenoxy) is 1. The Morgan fingerprint density at radius 3 is 2.57 bits per heavy atom. The van der Waals surface area contributed by atoms with Gasteiger partial charge in [0.25, 0.3) is 5.91 Å². The summed E-state index contributed by atoms with van der Waals surface area (Å²) in [4.78, 5) is 15.8. The summed E-state index contributed by atoms with van der Waals surface area (Å²) in [7, 11) is -1.24. The van der Waals surface area contributed by atoms with Crippen molar-refractivity contribution in [1.82, 2.24) is 14.7 Å². The van der Waals surface area contributed by atoms with Gasteiger partial charge in [-0.25, -0.2) is 4.68 Å². The van der Waals surface area contributed by atoms with E-state index >= 15 is 0 Å². The minimum Gasteiger partial charge on any atom is -0.392 e. The summed E-state index contributed by atoms with van der Waals surface area (Å²) in [6.07, 6.45) is 0. The van der Waals surface area contributed by atoms with Crippen molar-refractivity contribution >= 4 is 16.7 Å². The van der Waals surface area contributed by atoms with E-state index in [9.17, 15) is 14.1 Å². The van der Waals surface area contributed by atoms with E-state index < -0.39 is 10.8 Å². The summed E-state index contributed by atoms with van der Waals surface area (Å²) >= 11 is 0. The molecular weight excluding hydrogens is 402 g/mol. The van der Waals surface area contributed by atoms with E-state index in [0.29, 0.717) is 32.0 Å². The topological polar surface area (TPSA) is 84.7 Å². The number of hydrogen-bond donors (Lipinski definition) is 1. The number of aliphatic hydroxyl groups is 1. The van der Waals surface area contributed by atoms with Crippen molar-refractivity contribution in [3.63, 3.8) is 0 Å². The number of carbonyl (C=O) groups excluding carboxylic acids is 1. The number of fused-ring (bicyclic) bond motifs is 3. The van der Waals surface area contributed by atoms with Crippen LogP contribution in [0.25, 0.3) is 16.9 Å². The average Bonchev–Trinajstić information content (AvgIpc) is 3.19. The minimum atomic E-state index is -1.24. The van der Waals surface area contributed by atoms with Crippen LogP contribution in [0.4, 0.5) is 0 Å². The lowest BCUT2D eigenvalue weighted by Gasteiger charge is -2.26. The molecule has 0 aliphatic carbocycles. The number of benzene rings is 2. The Morgan fingerprint density at radius 2 is 1.83 bits per heavy atom. The van der Waals surface area contributed by atoms with E-state index in [1.54, 1.807) is 9.58 Å². The molecule has 154 valence electrons. The molecular formula is C22H21N3O4S.